The number of nitrogens with one attached hydrogen (secondary N) is 3. The van der Waals surface area contributed by atoms with E-state index in [9.17, 15) is 0 Å². The van der Waals surface area contributed by atoms with Gasteiger partial charge in [-0.25, -0.2) is 0 Å². The largest absolute Gasteiger partial charge is 0.390 e. The number of likely N-dealkylation sites (N-methyl/N-ethyl adjacent to an activating group) is 1. The SMILES string of the molecule is C=C(C)NCCCCC(NC(=C)C)C(=C)NC. The molecule has 0 aliphatic heterocycles. The van der Waals surface area contributed by atoms with Gasteiger partial charge in [0.1, 0.15) is 0 Å². The quantitative estimate of drug-likeness (QED) is 0.511. The van der Waals surface area contributed by atoms with Gasteiger partial charge in [-0.3, -0.25) is 0 Å². The lowest BCUT2D eigenvalue weighted by atomic mass is 10.1. The van der Waals surface area contributed by atoms with Gasteiger partial charge in [0, 0.05) is 30.7 Å². The summed E-state index contributed by atoms with van der Waals surface area (Å²) in [7, 11) is 1.90. The van der Waals surface area contributed by atoms with Gasteiger partial charge in [0.15, 0.2) is 0 Å². The van der Waals surface area contributed by atoms with Crippen molar-refractivity contribution in [2.24, 2.45) is 0 Å². The molecule has 0 amide bonds. The molecule has 3 nitrogen and oxygen atoms in total. The molecule has 0 saturated heterocycles. The third-order valence-corrected chi connectivity index (χ3v) is 2.51. The first-order valence-corrected chi connectivity index (χ1v) is 6.15. The normalized spacial score (nSPS) is 11.5. The van der Waals surface area contributed by atoms with Crippen molar-refractivity contribution >= 4 is 0 Å². The van der Waals surface area contributed by atoms with Crippen molar-refractivity contribution in [3.05, 3.63) is 36.8 Å². The molecule has 0 aliphatic rings. The molecular weight excluding hydrogens is 210 g/mol. The zero-order chi connectivity index (χ0) is 13.3. The molecule has 0 heterocycles. The van der Waals surface area contributed by atoms with Gasteiger partial charge in [-0.1, -0.05) is 19.7 Å². The molecular formula is C14H27N3. The van der Waals surface area contributed by atoms with Crippen LogP contribution in [0.15, 0.2) is 36.8 Å². The van der Waals surface area contributed by atoms with Crippen LogP contribution < -0.4 is 16.0 Å². The minimum absolute atomic E-state index is 0.266. The van der Waals surface area contributed by atoms with Crippen LogP contribution in [0, 0.1) is 0 Å². The zero-order valence-corrected chi connectivity index (χ0v) is 11.5. The molecule has 98 valence electrons. The molecule has 0 aliphatic carbocycles. The topological polar surface area (TPSA) is 36.1 Å². The van der Waals surface area contributed by atoms with Crippen LogP contribution in [-0.2, 0) is 0 Å². The lowest BCUT2D eigenvalue weighted by Gasteiger charge is -2.22. The summed E-state index contributed by atoms with van der Waals surface area (Å²) < 4.78 is 0. The number of allylic oxidation sites excluding steroid dienone is 2. The summed E-state index contributed by atoms with van der Waals surface area (Å²) in [5.41, 5.74) is 3.02. The maximum absolute atomic E-state index is 4.01. The molecule has 17 heavy (non-hydrogen) atoms. The molecule has 0 aromatic rings. The maximum Gasteiger partial charge on any atom is 0.0650 e. The van der Waals surface area contributed by atoms with Crippen LogP contribution in [0.3, 0.4) is 0 Å². The van der Waals surface area contributed by atoms with Gasteiger partial charge in [-0.15, -0.1) is 0 Å². The highest BCUT2D eigenvalue weighted by Gasteiger charge is 2.10. The summed E-state index contributed by atoms with van der Waals surface area (Å²) in [5.74, 6) is 0. The van der Waals surface area contributed by atoms with Crippen molar-refractivity contribution in [1.29, 1.82) is 0 Å². The first kappa shape index (κ1) is 15.6. The fraction of sp³-hybridized carbons (Fsp3) is 0.571. The van der Waals surface area contributed by atoms with Crippen LogP contribution in [0.2, 0.25) is 0 Å². The fourth-order valence-corrected chi connectivity index (χ4v) is 1.58. The van der Waals surface area contributed by atoms with Crippen LogP contribution in [0.1, 0.15) is 33.1 Å². The van der Waals surface area contributed by atoms with Crippen LogP contribution in [-0.4, -0.2) is 19.6 Å². The van der Waals surface area contributed by atoms with E-state index in [1.165, 1.54) is 0 Å². The smallest absolute Gasteiger partial charge is 0.0650 e. The third-order valence-electron chi connectivity index (χ3n) is 2.51. The Balaban J connectivity index is 3.87. The van der Waals surface area contributed by atoms with E-state index in [-0.39, 0.29) is 6.04 Å². The van der Waals surface area contributed by atoms with Crippen molar-refractivity contribution in [2.75, 3.05) is 13.6 Å². The Hall–Kier alpha value is -1.38. The predicted octanol–water partition coefficient (Wildman–Crippen LogP) is 2.50. The van der Waals surface area contributed by atoms with Crippen molar-refractivity contribution in [3.8, 4) is 0 Å². The second kappa shape index (κ2) is 8.74. The minimum atomic E-state index is 0.266. The van der Waals surface area contributed by atoms with Gasteiger partial charge in [0.05, 0.1) is 6.04 Å². The highest BCUT2D eigenvalue weighted by Crippen LogP contribution is 2.08. The van der Waals surface area contributed by atoms with Gasteiger partial charge in [-0.05, 0) is 33.1 Å². The Morgan fingerprint density at radius 2 is 1.71 bits per heavy atom. The predicted molar refractivity (Wildman–Crippen MR) is 76.6 cm³/mol. The van der Waals surface area contributed by atoms with Crippen LogP contribution in [0.5, 0.6) is 0 Å². The van der Waals surface area contributed by atoms with Crippen molar-refractivity contribution < 1.29 is 0 Å². The van der Waals surface area contributed by atoms with Crippen LogP contribution in [0.25, 0.3) is 0 Å². The summed E-state index contributed by atoms with van der Waals surface area (Å²) in [6, 6.07) is 0.266. The Morgan fingerprint density at radius 1 is 1.06 bits per heavy atom. The lowest BCUT2D eigenvalue weighted by molar-refractivity contribution is 0.526. The van der Waals surface area contributed by atoms with E-state index in [2.05, 4.69) is 35.7 Å². The zero-order valence-electron chi connectivity index (χ0n) is 11.5. The maximum atomic E-state index is 4.01. The summed E-state index contributed by atoms with van der Waals surface area (Å²) >= 11 is 0. The summed E-state index contributed by atoms with van der Waals surface area (Å²) in [5, 5.41) is 9.67. The van der Waals surface area contributed by atoms with Gasteiger partial charge in [0.25, 0.3) is 0 Å². The van der Waals surface area contributed by atoms with Crippen LogP contribution in [0.4, 0.5) is 0 Å². The molecule has 0 spiro atoms. The van der Waals surface area contributed by atoms with Crippen molar-refractivity contribution in [3.63, 3.8) is 0 Å². The highest BCUT2D eigenvalue weighted by atomic mass is 15.0. The van der Waals surface area contributed by atoms with Gasteiger partial charge >= 0.3 is 0 Å². The lowest BCUT2D eigenvalue weighted by Crippen LogP contribution is -2.33. The second-order valence-corrected chi connectivity index (χ2v) is 4.46. The minimum Gasteiger partial charge on any atom is -0.390 e. The van der Waals surface area contributed by atoms with E-state index in [1.807, 2.05) is 20.9 Å². The first-order chi connectivity index (χ1) is 7.97. The van der Waals surface area contributed by atoms with E-state index in [1.54, 1.807) is 0 Å². The Morgan fingerprint density at radius 3 is 2.18 bits per heavy atom. The second-order valence-electron chi connectivity index (χ2n) is 4.46. The van der Waals surface area contributed by atoms with Gasteiger partial charge in [0.2, 0.25) is 0 Å². The molecule has 0 rings (SSSR count). The summed E-state index contributed by atoms with van der Waals surface area (Å²) in [6.45, 7) is 16.6. The molecule has 0 aromatic carbocycles. The van der Waals surface area contributed by atoms with E-state index in [0.717, 1.165) is 42.9 Å². The number of hydrogen-bond donors (Lipinski definition) is 3. The molecule has 0 aromatic heterocycles. The Bertz CT molecular complexity index is 269. The van der Waals surface area contributed by atoms with Gasteiger partial charge < -0.3 is 16.0 Å². The monoisotopic (exact) mass is 237 g/mol. The average molecular weight is 237 g/mol. The average Bonchev–Trinajstić information content (AvgIpc) is 2.25. The first-order valence-electron chi connectivity index (χ1n) is 6.15. The number of rotatable bonds is 10. The van der Waals surface area contributed by atoms with E-state index in [4.69, 9.17) is 0 Å². The molecule has 0 saturated carbocycles. The van der Waals surface area contributed by atoms with Crippen molar-refractivity contribution in [2.45, 2.75) is 39.2 Å². The fourth-order valence-electron chi connectivity index (χ4n) is 1.58. The summed E-state index contributed by atoms with van der Waals surface area (Å²) in [6.07, 6.45) is 3.34. The molecule has 0 fully saturated rings. The molecule has 0 bridgehead atoms. The molecule has 0 radical (unpaired) electrons. The van der Waals surface area contributed by atoms with E-state index >= 15 is 0 Å². The van der Waals surface area contributed by atoms with E-state index in [0.29, 0.717) is 0 Å². The highest BCUT2D eigenvalue weighted by molar-refractivity contribution is 5.06. The van der Waals surface area contributed by atoms with Crippen molar-refractivity contribution in [1.82, 2.24) is 16.0 Å². The summed E-state index contributed by atoms with van der Waals surface area (Å²) in [4.78, 5) is 0. The Kier molecular flexibility index (Phi) is 8.03. The number of hydrogen-bond acceptors (Lipinski definition) is 3. The van der Waals surface area contributed by atoms with Crippen LogP contribution >= 0.6 is 0 Å². The van der Waals surface area contributed by atoms with Gasteiger partial charge in [-0.2, -0.15) is 0 Å². The third kappa shape index (κ3) is 8.43. The number of unbranched alkanes of at least 4 members (excludes halogenated alkanes) is 1. The molecule has 3 heteroatoms. The molecule has 1 unspecified atom stereocenters. The molecule has 3 N–H and O–H groups in total. The standard InChI is InChI=1S/C14H27N3/c1-11(2)16-10-8-7-9-14(13(5)15-6)17-12(3)4/h14-17H,1,3,5,7-10H2,2,4,6H3. The van der Waals surface area contributed by atoms with E-state index < -0.39 is 0 Å². The molecule has 1 atom stereocenters. The Labute approximate surface area is 106 Å².